The second-order valence-electron chi connectivity index (χ2n) is 6.81. The molecular formula is C19H34N4OS. The molecule has 0 heterocycles. The standard InChI is InChI=1S/C19H34N4OS/c1-7-20-18(22-15-19(2,3)25-6)21-14-16-9-8-10-17(13-16)24-12-11-23(4)5/h8-10,13H,7,11-12,14-15H2,1-6H3,(H2,20,21,22). The Kier molecular flexibility index (Phi) is 9.75. The molecule has 0 aromatic heterocycles. The molecule has 0 unspecified atom stereocenters. The number of nitrogens with one attached hydrogen (secondary N) is 2. The van der Waals surface area contributed by atoms with Gasteiger partial charge in [-0.15, -0.1) is 0 Å². The third kappa shape index (κ3) is 9.60. The van der Waals surface area contributed by atoms with Crippen molar-refractivity contribution in [3.8, 4) is 5.75 Å². The van der Waals surface area contributed by atoms with E-state index in [1.54, 1.807) is 0 Å². The Balaban J connectivity index is 2.62. The molecule has 25 heavy (non-hydrogen) atoms. The van der Waals surface area contributed by atoms with Crippen molar-refractivity contribution < 1.29 is 4.74 Å². The highest BCUT2D eigenvalue weighted by Crippen LogP contribution is 2.19. The average Bonchev–Trinajstić information content (AvgIpc) is 2.57. The summed E-state index contributed by atoms with van der Waals surface area (Å²) in [6.07, 6.45) is 2.13. The average molecular weight is 367 g/mol. The Labute approximate surface area is 157 Å². The number of hydrogen-bond acceptors (Lipinski definition) is 4. The Morgan fingerprint density at radius 2 is 2.04 bits per heavy atom. The minimum Gasteiger partial charge on any atom is -0.492 e. The molecule has 0 amide bonds. The Hall–Kier alpha value is -1.40. The summed E-state index contributed by atoms with van der Waals surface area (Å²) < 4.78 is 5.97. The van der Waals surface area contributed by atoms with Gasteiger partial charge >= 0.3 is 0 Å². The maximum absolute atomic E-state index is 5.79. The van der Waals surface area contributed by atoms with Gasteiger partial charge in [0.25, 0.3) is 0 Å². The molecule has 0 saturated heterocycles. The fourth-order valence-corrected chi connectivity index (χ4v) is 2.18. The lowest BCUT2D eigenvalue weighted by atomic mass is 10.2. The fraction of sp³-hybridized carbons (Fsp3) is 0.632. The van der Waals surface area contributed by atoms with Crippen LogP contribution in [0.4, 0.5) is 0 Å². The van der Waals surface area contributed by atoms with Crippen molar-refractivity contribution >= 4 is 17.7 Å². The zero-order valence-corrected chi connectivity index (χ0v) is 17.4. The number of guanidine groups is 1. The van der Waals surface area contributed by atoms with Crippen LogP contribution in [0.2, 0.25) is 0 Å². The number of aliphatic imine (C=N–C) groups is 1. The van der Waals surface area contributed by atoms with Crippen LogP contribution in [0.15, 0.2) is 29.3 Å². The zero-order valence-electron chi connectivity index (χ0n) is 16.6. The molecule has 1 aromatic carbocycles. The Morgan fingerprint density at radius 3 is 2.68 bits per heavy atom. The van der Waals surface area contributed by atoms with Crippen molar-refractivity contribution in [3.63, 3.8) is 0 Å². The first kappa shape index (κ1) is 21.6. The predicted molar refractivity (Wildman–Crippen MR) is 111 cm³/mol. The molecule has 2 N–H and O–H groups in total. The van der Waals surface area contributed by atoms with Gasteiger partial charge in [0.05, 0.1) is 6.54 Å². The van der Waals surface area contributed by atoms with Gasteiger partial charge in [-0.2, -0.15) is 11.8 Å². The van der Waals surface area contributed by atoms with Crippen molar-refractivity contribution in [2.24, 2.45) is 4.99 Å². The zero-order chi connectivity index (χ0) is 18.7. The van der Waals surface area contributed by atoms with E-state index in [1.807, 2.05) is 38.0 Å². The number of rotatable bonds is 10. The van der Waals surface area contributed by atoms with Crippen LogP contribution in [-0.2, 0) is 6.54 Å². The summed E-state index contributed by atoms with van der Waals surface area (Å²) in [6, 6.07) is 8.16. The maximum Gasteiger partial charge on any atom is 0.191 e. The van der Waals surface area contributed by atoms with Crippen molar-refractivity contribution in [1.82, 2.24) is 15.5 Å². The molecule has 142 valence electrons. The highest BCUT2D eigenvalue weighted by atomic mass is 32.2. The van der Waals surface area contributed by atoms with Crippen LogP contribution in [0.25, 0.3) is 0 Å². The van der Waals surface area contributed by atoms with Gasteiger partial charge in [-0.25, -0.2) is 4.99 Å². The van der Waals surface area contributed by atoms with Gasteiger partial charge in [0.2, 0.25) is 0 Å². The molecule has 6 heteroatoms. The lowest BCUT2D eigenvalue weighted by molar-refractivity contribution is 0.261. The lowest BCUT2D eigenvalue weighted by Gasteiger charge is -2.23. The Bertz CT molecular complexity index is 532. The van der Waals surface area contributed by atoms with E-state index < -0.39 is 0 Å². The number of benzene rings is 1. The monoisotopic (exact) mass is 366 g/mol. The van der Waals surface area contributed by atoms with E-state index in [-0.39, 0.29) is 4.75 Å². The molecule has 0 aliphatic rings. The highest BCUT2D eigenvalue weighted by Gasteiger charge is 2.16. The quantitative estimate of drug-likeness (QED) is 0.493. The van der Waals surface area contributed by atoms with Gasteiger partial charge in [-0.3, -0.25) is 0 Å². The summed E-state index contributed by atoms with van der Waals surface area (Å²) in [4.78, 5) is 6.80. The highest BCUT2D eigenvalue weighted by molar-refractivity contribution is 7.99. The third-order valence-electron chi connectivity index (χ3n) is 3.70. The minimum atomic E-state index is 0.177. The van der Waals surface area contributed by atoms with Crippen LogP contribution < -0.4 is 15.4 Å². The SMILES string of the molecule is CCNC(=NCc1cccc(OCCN(C)C)c1)NCC(C)(C)SC. The summed E-state index contributed by atoms with van der Waals surface area (Å²) in [7, 11) is 4.09. The second kappa shape index (κ2) is 11.3. The van der Waals surface area contributed by atoms with Crippen LogP contribution >= 0.6 is 11.8 Å². The van der Waals surface area contributed by atoms with Gasteiger partial charge in [-0.05, 0) is 58.8 Å². The first-order valence-electron chi connectivity index (χ1n) is 8.80. The summed E-state index contributed by atoms with van der Waals surface area (Å²) in [5, 5.41) is 6.73. The minimum absolute atomic E-state index is 0.177. The van der Waals surface area contributed by atoms with Crippen LogP contribution in [0.5, 0.6) is 5.75 Å². The number of hydrogen-bond donors (Lipinski definition) is 2. The van der Waals surface area contributed by atoms with Gasteiger partial charge in [-0.1, -0.05) is 12.1 Å². The van der Waals surface area contributed by atoms with Crippen molar-refractivity contribution in [1.29, 1.82) is 0 Å². The van der Waals surface area contributed by atoms with E-state index in [1.165, 1.54) is 0 Å². The fourth-order valence-electron chi connectivity index (χ4n) is 1.96. The molecule has 0 radical (unpaired) electrons. The number of thioether (sulfide) groups is 1. The van der Waals surface area contributed by atoms with Crippen molar-refractivity contribution in [2.45, 2.75) is 32.1 Å². The summed E-state index contributed by atoms with van der Waals surface area (Å²) >= 11 is 1.85. The van der Waals surface area contributed by atoms with Crippen LogP contribution in [0, 0.1) is 0 Å². The third-order valence-corrected chi connectivity index (χ3v) is 4.95. The van der Waals surface area contributed by atoms with Crippen LogP contribution in [0.3, 0.4) is 0 Å². The van der Waals surface area contributed by atoms with Gasteiger partial charge in [0.1, 0.15) is 12.4 Å². The lowest BCUT2D eigenvalue weighted by Crippen LogP contribution is -2.43. The predicted octanol–water partition coefficient (Wildman–Crippen LogP) is 2.82. The molecule has 0 saturated carbocycles. The van der Waals surface area contributed by atoms with E-state index >= 15 is 0 Å². The Morgan fingerprint density at radius 1 is 1.28 bits per heavy atom. The molecule has 0 atom stereocenters. The van der Waals surface area contributed by atoms with E-state index in [4.69, 9.17) is 9.73 Å². The number of nitrogens with zero attached hydrogens (tertiary/aromatic N) is 2. The van der Waals surface area contributed by atoms with Gasteiger partial charge in [0.15, 0.2) is 5.96 Å². The normalized spacial score (nSPS) is 12.4. The number of likely N-dealkylation sites (N-methyl/N-ethyl adjacent to an activating group) is 1. The molecule has 5 nitrogen and oxygen atoms in total. The van der Waals surface area contributed by atoms with Gasteiger partial charge in [0, 0.05) is 24.4 Å². The first-order valence-corrected chi connectivity index (χ1v) is 10.0. The molecule has 0 aliphatic carbocycles. The molecule has 1 aromatic rings. The van der Waals surface area contributed by atoms with Crippen molar-refractivity contribution in [2.75, 3.05) is 46.6 Å². The summed E-state index contributed by atoms with van der Waals surface area (Å²) in [5.74, 6) is 1.75. The molecule has 0 aliphatic heterocycles. The van der Waals surface area contributed by atoms with E-state index in [9.17, 15) is 0 Å². The molecule has 0 bridgehead atoms. The van der Waals surface area contributed by atoms with E-state index in [0.717, 1.165) is 36.9 Å². The molecule has 0 fully saturated rings. The topological polar surface area (TPSA) is 48.9 Å². The van der Waals surface area contributed by atoms with E-state index in [0.29, 0.717) is 13.2 Å². The van der Waals surface area contributed by atoms with Crippen LogP contribution in [-0.4, -0.2) is 62.2 Å². The molecular weight excluding hydrogens is 332 g/mol. The maximum atomic E-state index is 5.79. The molecule has 0 spiro atoms. The van der Waals surface area contributed by atoms with Crippen LogP contribution in [0.1, 0.15) is 26.3 Å². The first-order chi connectivity index (χ1) is 11.9. The number of ether oxygens (including phenoxy) is 1. The summed E-state index contributed by atoms with van der Waals surface area (Å²) in [5.41, 5.74) is 1.14. The second-order valence-corrected chi connectivity index (χ2v) is 8.33. The van der Waals surface area contributed by atoms with Crippen molar-refractivity contribution in [3.05, 3.63) is 29.8 Å². The molecule has 1 rings (SSSR count). The van der Waals surface area contributed by atoms with E-state index in [2.05, 4.69) is 54.7 Å². The summed E-state index contributed by atoms with van der Waals surface area (Å²) in [6.45, 7) is 10.5. The van der Waals surface area contributed by atoms with Gasteiger partial charge < -0.3 is 20.3 Å². The smallest absolute Gasteiger partial charge is 0.191 e. The largest absolute Gasteiger partial charge is 0.492 e.